The molecule has 0 fully saturated rings. The molecule has 0 aliphatic heterocycles. The minimum atomic E-state index is -0.211. The van der Waals surface area contributed by atoms with Gasteiger partial charge in [-0.1, -0.05) is 39.0 Å². The normalized spacial score (nSPS) is 12.1. The molecule has 1 aromatic heterocycles. The van der Waals surface area contributed by atoms with Crippen LogP contribution in [0.4, 0.5) is 11.5 Å². The lowest BCUT2D eigenvalue weighted by Crippen LogP contribution is -2.32. The molecule has 136 valence electrons. The molecule has 25 heavy (non-hydrogen) atoms. The molecular formula is C20H30N4O. The molecular weight excluding hydrogens is 312 g/mol. The first kappa shape index (κ1) is 19.0. The highest BCUT2D eigenvalue weighted by Gasteiger charge is 2.25. The summed E-state index contributed by atoms with van der Waals surface area (Å²) in [5.41, 5.74) is 1.69. The molecule has 0 radical (unpaired) electrons. The number of likely N-dealkylation sites (N-methyl/N-ethyl adjacent to an activating group) is 1. The summed E-state index contributed by atoms with van der Waals surface area (Å²) in [6, 6.07) is 11.9. The van der Waals surface area contributed by atoms with Crippen LogP contribution in [0.2, 0.25) is 0 Å². The molecule has 2 aromatic rings. The number of benzene rings is 1. The number of nitrogens with zero attached hydrogens (tertiary/aromatic N) is 3. The van der Waals surface area contributed by atoms with Gasteiger partial charge in [-0.3, -0.25) is 4.79 Å². The number of carbonyl (C=O) groups is 1. The minimum Gasteiger partial charge on any atom is -0.365 e. The van der Waals surface area contributed by atoms with Crippen LogP contribution in [0.5, 0.6) is 0 Å². The fourth-order valence-corrected chi connectivity index (χ4v) is 2.52. The molecule has 1 amide bonds. The third-order valence-corrected chi connectivity index (χ3v) is 3.96. The van der Waals surface area contributed by atoms with Gasteiger partial charge in [-0.2, -0.15) is 5.10 Å². The van der Waals surface area contributed by atoms with Crippen molar-refractivity contribution in [3.8, 4) is 0 Å². The van der Waals surface area contributed by atoms with Crippen LogP contribution in [0.25, 0.3) is 0 Å². The van der Waals surface area contributed by atoms with Gasteiger partial charge >= 0.3 is 0 Å². The Labute approximate surface area is 151 Å². The van der Waals surface area contributed by atoms with Crippen LogP contribution in [0.15, 0.2) is 36.4 Å². The number of hydrogen-bond acceptors (Lipinski definition) is 3. The molecule has 5 nitrogen and oxygen atoms in total. The zero-order valence-corrected chi connectivity index (χ0v) is 16.4. The van der Waals surface area contributed by atoms with Crippen molar-refractivity contribution in [1.29, 1.82) is 0 Å². The summed E-state index contributed by atoms with van der Waals surface area (Å²) >= 11 is 0. The van der Waals surface area contributed by atoms with Crippen LogP contribution in [-0.4, -0.2) is 29.3 Å². The van der Waals surface area contributed by atoms with Crippen LogP contribution >= 0.6 is 0 Å². The summed E-state index contributed by atoms with van der Waals surface area (Å²) in [7, 11) is 1.91. The van der Waals surface area contributed by atoms with Gasteiger partial charge in [-0.05, 0) is 32.9 Å². The number of rotatable bonds is 4. The van der Waals surface area contributed by atoms with E-state index >= 15 is 0 Å². The van der Waals surface area contributed by atoms with E-state index in [1.165, 1.54) is 0 Å². The van der Waals surface area contributed by atoms with Gasteiger partial charge in [-0.15, -0.1) is 0 Å². The summed E-state index contributed by atoms with van der Waals surface area (Å²) in [6.07, 6.45) is 0. The highest BCUT2D eigenvalue weighted by Crippen LogP contribution is 2.28. The second kappa shape index (κ2) is 6.90. The molecule has 2 rings (SSSR count). The predicted octanol–water partition coefficient (Wildman–Crippen LogP) is 4.01. The Morgan fingerprint density at radius 3 is 2.24 bits per heavy atom. The molecule has 0 saturated carbocycles. The molecule has 5 heteroatoms. The highest BCUT2D eigenvalue weighted by atomic mass is 16.2. The van der Waals surface area contributed by atoms with E-state index in [-0.39, 0.29) is 23.4 Å². The van der Waals surface area contributed by atoms with Gasteiger partial charge < -0.3 is 10.2 Å². The molecule has 0 bridgehead atoms. The monoisotopic (exact) mass is 342 g/mol. The topological polar surface area (TPSA) is 50.2 Å². The summed E-state index contributed by atoms with van der Waals surface area (Å²) in [4.78, 5) is 14.5. The number of carbonyl (C=O) groups excluding carboxylic acids is 1. The highest BCUT2D eigenvalue weighted by molar-refractivity contribution is 5.93. The largest absolute Gasteiger partial charge is 0.365 e. The average molecular weight is 342 g/mol. The average Bonchev–Trinajstić information content (AvgIpc) is 2.92. The zero-order valence-electron chi connectivity index (χ0n) is 16.4. The van der Waals surface area contributed by atoms with Crippen molar-refractivity contribution >= 4 is 17.4 Å². The number of aromatic nitrogens is 2. The Hall–Kier alpha value is -2.30. The second-order valence-corrected chi connectivity index (χ2v) is 8.49. The first-order valence-corrected chi connectivity index (χ1v) is 8.65. The third-order valence-electron chi connectivity index (χ3n) is 3.96. The maximum Gasteiger partial charge on any atom is 0.245 e. The van der Waals surface area contributed by atoms with Crippen molar-refractivity contribution in [1.82, 2.24) is 9.78 Å². The summed E-state index contributed by atoms with van der Waals surface area (Å²) in [5, 5.41) is 7.76. The zero-order chi connectivity index (χ0) is 18.8. The SMILES string of the molecule is CN(CC(=O)Nc1cc(C(C)(C)C)nn1C(C)(C)C)c1ccccc1. The van der Waals surface area contributed by atoms with E-state index in [9.17, 15) is 4.79 Å². The maximum absolute atomic E-state index is 12.5. The van der Waals surface area contributed by atoms with E-state index in [2.05, 4.69) is 46.9 Å². The predicted molar refractivity (Wildman–Crippen MR) is 104 cm³/mol. The minimum absolute atomic E-state index is 0.0581. The molecule has 0 spiro atoms. The number of hydrogen-bond donors (Lipinski definition) is 1. The number of para-hydroxylation sites is 1. The van der Waals surface area contributed by atoms with E-state index in [0.717, 1.165) is 17.2 Å². The van der Waals surface area contributed by atoms with Gasteiger partial charge in [0.1, 0.15) is 5.82 Å². The van der Waals surface area contributed by atoms with Crippen molar-refractivity contribution in [2.75, 3.05) is 23.8 Å². The maximum atomic E-state index is 12.5. The van der Waals surface area contributed by atoms with E-state index in [0.29, 0.717) is 0 Å². The van der Waals surface area contributed by atoms with Gasteiger partial charge in [0.25, 0.3) is 0 Å². The summed E-state index contributed by atoms with van der Waals surface area (Å²) in [6.45, 7) is 12.9. The van der Waals surface area contributed by atoms with E-state index in [1.807, 2.05) is 53.0 Å². The lowest BCUT2D eigenvalue weighted by atomic mass is 9.92. The second-order valence-electron chi connectivity index (χ2n) is 8.49. The van der Waals surface area contributed by atoms with E-state index < -0.39 is 0 Å². The fraction of sp³-hybridized carbons (Fsp3) is 0.500. The quantitative estimate of drug-likeness (QED) is 0.913. The van der Waals surface area contributed by atoms with Crippen molar-refractivity contribution < 1.29 is 4.79 Å². The van der Waals surface area contributed by atoms with Crippen LogP contribution in [0.3, 0.4) is 0 Å². The Balaban J connectivity index is 2.18. The Morgan fingerprint density at radius 2 is 1.72 bits per heavy atom. The van der Waals surface area contributed by atoms with Crippen molar-refractivity contribution in [3.05, 3.63) is 42.1 Å². The molecule has 1 aromatic carbocycles. The van der Waals surface area contributed by atoms with E-state index in [1.54, 1.807) is 0 Å². The lowest BCUT2D eigenvalue weighted by Gasteiger charge is -2.24. The summed E-state index contributed by atoms with van der Waals surface area (Å²) in [5.74, 6) is 0.682. The third kappa shape index (κ3) is 4.84. The van der Waals surface area contributed by atoms with Crippen molar-refractivity contribution in [2.45, 2.75) is 52.5 Å². The van der Waals surface area contributed by atoms with Gasteiger partial charge in [-0.25, -0.2) is 4.68 Å². The number of nitrogens with one attached hydrogen (secondary N) is 1. The van der Waals surface area contributed by atoms with Gasteiger partial charge in [0.2, 0.25) is 5.91 Å². The Bertz CT molecular complexity index is 720. The molecule has 0 saturated heterocycles. The number of amides is 1. The standard InChI is InChI=1S/C20H30N4O/c1-19(2,3)16-13-17(24(22-16)20(4,5)6)21-18(25)14-23(7)15-11-9-8-10-12-15/h8-13H,14H2,1-7H3,(H,21,25). The van der Waals surface area contributed by atoms with Crippen LogP contribution in [0, 0.1) is 0 Å². The fourth-order valence-electron chi connectivity index (χ4n) is 2.52. The van der Waals surface area contributed by atoms with Crippen LogP contribution in [-0.2, 0) is 15.7 Å². The number of anilines is 2. The molecule has 1 N–H and O–H groups in total. The molecule has 0 aliphatic carbocycles. The molecule has 1 heterocycles. The smallest absolute Gasteiger partial charge is 0.245 e. The lowest BCUT2D eigenvalue weighted by molar-refractivity contribution is -0.115. The Morgan fingerprint density at radius 1 is 1.12 bits per heavy atom. The van der Waals surface area contributed by atoms with Gasteiger partial charge in [0, 0.05) is 24.2 Å². The van der Waals surface area contributed by atoms with Crippen molar-refractivity contribution in [2.24, 2.45) is 0 Å². The first-order chi connectivity index (χ1) is 11.5. The van der Waals surface area contributed by atoms with Crippen LogP contribution < -0.4 is 10.2 Å². The van der Waals surface area contributed by atoms with E-state index in [4.69, 9.17) is 5.10 Å². The molecule has 0 unspecified atom stereocenters. The first-order valence-electron chi connectivity index (χ1n) is 8.65. The van der Waals surface area contributed by atoms with Crippen LogP contribution in [0.1, 0.15) is 47.2 Å². The Kier molecular flexibility index (Phi) is 5.26. The molecule has 0 atom stereocenters. The molecule has 0 aliphatic rings. The van der Waals surface area contributed by atoms with Gasteiger partial charge in [0.05, 0.1) is 17.8 Å². The van der Waals surface area contributed by atoms with Gasteiger partial charge in [0.15, 0.2) is 0 Å². The summed E-state index contributed by atoms with van der Waals surface area (Å²) < 4.78 is 1.90. The van der Waals surface area contributed by atoms with Crippen molar-refractivity contribution in [3.63, 3.8) is 0 Å².